The van der Waals surface area contributed by atoms with Crippen molar-refractivity contribution in [2.45, 2.75) is 25.1 Å². The fourth-order valence-electron chi connectivity index (χ4n) is 3.98. The van der Waals surface area contributed by atoms with Gasteiger partial charge >= 0.3 is 0 Å². The predicted molar refractivity (Wildman–Crippen MR) is 105 cm³/mol. The minimum atomic E-state index is 0.0119. The van der Waals surface area contributed by atoms with Crippen LogP contribution in [-0.2, 0) is 0 Å². The molecule has 1 aromatic carbocycles. The Morgan fingerprint density at radius 1 is 1.15 bits per heavy atom. The minimum absolute atomic E-state index is 0.0119. The number of hydrogen-bond donors (Lipinski definition) is 1. The Morgan fingerprint density at radius 2 is 2.00 bits per heavy atom. The van der Waals surface area contributed by atoms with Crippen LogP contribution < -0.4 is 19.9 Å². The van der Waals surface area contributed by atoms with E-state index in [1.807, 2.05) is 30.4 Å². The monoisotopic (exact) mass is 371 g/mol. The number of ether oxygens (including phenoxy) is 3. The van der Waals surface area contributed by atoms with E-state index in [9.17, 15) is 0 Å². The number of allylic oxidation sites excluding steroid dienone is 2. The fraction of sp³-hybridized carbons (Fsp3) is 0.524. The molecule has 3 heterocycles. The summed E-state index contributed by atoms with van der Waals surface area (Å²) in [6, 6.07) is 5.70. The molecule has 3 aliphatic rings. The standard InChI is InChI=1S/C21H29N3O3/c1-25-17-5-6-19-20(12-17)27-18(15-26-19)14-23-10-7-16(8-11-23)13-24-9-3-2-4-21(24)22/h2-6,9,12,16,18,21H,7-8,10-11,13-15,22H2,1H3. The van der Waals surface area contributed by atoms with Crippen molar-refractivity contribution in [2.75, 3.05) is 39.9 Å². The molecule has 27 heavy (non-hydrogen) atoms. The summed E-state index contributed by atoms with van der Waals surface area (Å²) in [5.41, 5.74) is 6.14. The largest absolute Gasteiger partial charge is 0.497 e. The molecule has 146 valence electrons. The lowest BCUT2D eigenvalue weighted by atomic mass is 9.95. The van der Waals surface area contributed by atoms with E-state index in [1.165, 1.54) is 12.8 Å². The molecule has 2 N–H and O–H groups in total. The quantitative estimate of drug-likeness (QED) is 0.856. The zero-order valence-corrected chi connectivity index (χ0v) is 15.9. The molecule has 1 saturated heterocycles. The molecular weight excluding hydrogens is 342 g/mol. The molecule has 2 unspecified atom stereocenters. The van der Waals surface area contributed by atoms with E-state index in [0.717, 1.165) is 43.4 Å². The van der Waals surface area contributed by atoms with E-state index < -0.39 is 0 Å². The SMILES string of the molecule is COc1ccc2c(c1)OC(CN1CCC(CN3C=CC=CC3N)CC1)CO2. The highest BCUT2D eigenvalue weighted by Crippen LogP contribution is 2.35. The maximum absolute atomic E-state index is 6.15. The van der Waals surface area contributed by atoms with Crippen molar-refractivity contribution >= 4 is 0 Å². The molecule has 0 bridgehead atoms. The number of piperidine rings is 1. The van der Waals surface area contributed by atoms with Crippen molar-refractivity contribution in [3.05, 3.63) is 42.6 Å². The van der Waals surface area contributed by atoms with Gasteiger partial charge in [0.15, 0.2) is 11.5 Å². The number of hydrogen-bond acceptors (Lipinski definition) is 6. The molecule has 2 atom stereocenters. The summed E-state index contributed by atoms with van der Waals surface area (Å²) < 4.78 is 17.3. The lowest BCUT2D eigenvalue weighted by Crippen LogP contribution is -2.46. The molecule has 0 spiro atoms. The third-order valence-electron chi connectivity index (χ3n) is 5.59. The van der Waals surface area contributed by atoms with Crippen LogP contribution in [0.1, 0.15) is 12.8 Å². The second kappa shape index (κ2) is 8.23. The smallest absolute Gasteiger partial charge is 0.165 e. The third kappa shape index (κ3) is 4.39. The van der Waals surface area contributed by atoms with Crippen molar-refractivity contribution in [2.24, 2.45) is 11.7 Å². The lowest BCUT2D eigenvalue weighted by molar-refractivity contribution is 0.0452. The van der Waals surface area contributed by atoms with Crippen LogP contribution in [0.5, 0.6) is 17.2 Å². The summed E-state index contributed by atoms with van der Waals surface area (Å²) in [5, 5.41) is 0. The number of methoxy groups -OCH3 is 1. The Hall–Kier alpha value is -2.18. The van der Waals surface area contributed by atoms with Crippen molar-refractivity contribution in [3.8, 4) is 17.2 Å². The Bertz CT molecular complexity index is 698. The molecule has 0 aromatic heterocycles. The molecule has 4 rings (SSSR count). The Kier molecular flexibility index (Phi) is 5.55. The first-order chi connectivity index (χ1) is 13.2. The number of fused-ring (bicyclic) bond motifs is 1. The van der Waals surface area contributed by atoms with Crippen LogP contribution in [-0.4, -0.2) is 62.0 Å². The van der Waals surface area contributed by atoms with Crippen molar-refractivity contribution < 1.29 is 14.2 Å². The van der Waals surface area contributed by atoms with Crippen LogP contribution in [0.25, 0.3) is 0 Å². The number of likely N-dealkylation sites (tertiary alicyclic amines) is 1. The summed E-state index contributed by atoms with van der Waals surface area (Å²) in [6.07, 6.45) is 10.7. The van der Waals surface area contributed by atoms with Gasteiger partial charge in [-0.15, -0.1) is 0 Å². The zero-order chi connectivity index (χ0) is 18.6. The average molecular weight is 371 g/mol. The van der Waals surface area contributed by atoms with Gasteiger partial charge in [0.25, 0.3) is 0 Å². The van der Waals surface area contributed by atoms with Crippen molar-refractivity contribution in [1.82, 2.24) is 9.80 Å². The van der Waals surface area contributed by atoms with Gasteiger partial charge in [-0.25, -0.2) is 0 Å². The van der Waals surface area contributed by atoms with Crippen molar-refractivity contribution in [3.63, 3.8) is 0 Å². The Morgan fingerprint density at radius 3 is 2.78 bits per heavy atom. The van der Waals surface area contributed by atoms with Crippen LogP contribution in [0.2, 0.25) is 0 Å². The lowest BCUT2D eigenvalue weighted by Gasteiger charge is -2.38. The minimum Gasteiger partial charge on any atom is -0.497 e. The summed E-state index contributed by atoms with van der Waals surface area (Å²) in [6.45, 7) is 4.72. The molecule has 0 saturated carbocycles. The van der Waals surface area contributed by atoms with Gasteiger partial charge in [-0.2, -0.15) is 0 Å². The molecule has 6 nitrogen and oxygen atoms in total. The zero-order valence-electron chi connectivity index (χ0n) is 15.9. The molecule has 0 aliphatic carbocycles. The van der Waals surface area contributed by atoms with E-state index in [-0.39, 0.29) is 12.3 Å². The van der Waals surface area contributed by atoms with Gasteiger partial charge in [0.2, 0.25) is 0 Å². The van der Waals surface area contributed by atoms with Gasteiger partial charge in [0.1, 0.15) is 18.5 Å². The summed E-state index contributed by atoms with van der Waals surface area (Å²) >= 11 is 0. The highest BCUT2D eigenvalue weighted by Gasteiger charge is 2.27. The van der Waals surface area contributed by atoms with Gasteiger partial charge in [-0.3, -0.25) is 4.90 Å². The van der Waals surface area contributed by atoms with Gasteiger partial charge in [0.05, 0.1) is 13.3 Å². The summed E-state index contributed by atoms with van der Waals surface area (Å²) in [7, 11) is 1.66. The number of nitrogens with two attached hydrogens (primary N) is 1. The molecule has 3 aliphatic heterocycles. The second-order valence-corrected chi connectivity index (χ2v) is 7.52. The van der Waals surface area contributed by atoms with Gasteiger partial charge in [-0.05, 0) is 56.1 Å². The molecule has 0 radical (unpaired) electrons. The average Bonchev–Trinajstić information content (AvgIpc) is 2.70. The Balaban J connectivity index is 1.25. The van der Waals surface area contributed by atoms with Gasteiger partial charge in [0, 0.05) is 25.4 Å². The van der Waals surface area contributed by atoms with Crippen LogP contribution in [0, 0.1) is 5.92 Å². The molecule has 1 aromatic rings. The van der Waals surface area contributed by atoms with E-state index >= 15 is 0 Å². The molecular formula is C21H29N3O3. The first-order valence-corrected chi connectivity index (χ1v) is 9.77. The van der Waals surface area contributed by atoms with E-state index in [2.05, 4.69) is 22.1 Å². The number of benzene rings is 1. The van der Waals surface area contributed by atoms with E-state index in [0.29, 0.717) is 12.5 Å². The molecule has 0 amide bonds. The first-order valence-electron chi connectivity index (χ1n) is 9.77. The maximum Gasteiger partial charge on any atom is 0.165 e. The van der Waals surface area contributed by atoms with Gasteiger partial charge < -0.3 is 24.8 Å². The summed E-state index contributed by atoms with van der Waals surface area (Å²) in [4.78, 5) is 4.73. The summed E-state index contributed by atoms with van der Waals surface area (Å²) in [5.74, 6) is 3.06. The van der Waals surface area contributed by atoms with Crippen LogP contribution in [0.4, 0.5) is 0 Å². The fourth-order valence-corrected chi connectivity index (χ4v) is 3.98. The second-order valence-electron chi connectivity index (χ2n) is 7.52. The first kappa shape index (κ1) is 18.2. The maximum atomic E-state index is 6.15. The van der Waals surface area contributed by atoms with Crippen LogP contribution in [0.3, 0.4) is 0 Å². The predicted octanol–water partition coefficient (Wildman–Crippen LogP) is 2.22. The highest BCUT2D eigenvalue weighted by atomic mass is 16.6. The third-order valence-corrected chi connectivity index (χ3v) is 5.59. The Labute approximate surface area is 161 Å². The van der Waals surface area contributed by atoms with Crippen LogP contribution in [0.15, 0.2) is 42.6 Å². The van der Waals surface area contributed by atoms with E-state index in [4.69, 9.17) is 19.9 Å². The van der Waals surface area contributed by atoms with E-state index in [1.54, 1.807) is 7.11 Å². The number of rotatable bonds is 5. The number of nitrogens with zero attached hydrogens (tertiary/aromatic N) is 2. The molecule has 6 heteroatoms. The topological polar surface area (TPSA) is 60.2 Å². The normalized spacial score (nSPS) is 25.6. The highest BCUT2D eigenvalue weighted by molar-refractivity contribution is 5.46. The van der Waals surface area contributed by atoms with Crippen molar-refractivity contribution in [1.29, 1.82) is 0 Å². The molecule has 1 fully saturated rings. The van der Waals surface area contributed by atoms with Gasteiger partial charge in [-0.1, -0.05) is 6.08 Å². The van der Waals surface area contributed by atoms with Crippen LogP contribution >= 0.6 is 0 Å².